The van der Waals surface area contributed by atoms with Crippen molar-refractivity contribution >= 4 is 11.9 Å². The van der Waals surface area contributed by atoms with Gasteiger partial charge in [0.15, 0.2) is 0 Å². The zero-order valence-corrected chi connectivity index (χ0v) is 8.83. The molecule has 0 aliphatic heterocycles. The predicted molar refractivity (Wildman–Crippen MR) is 53.9 cm³/mol. The number of allylic oxidation sites excluding steroid dienone is 1. The van der Waals surface area contributed by atoms with E-state index < -0.39 is 5.97 Å². The monoisotopic (exact) mass is 199 g/mol. The van der Waals surface area contributed by atoms with Crippen molar-refractivity contribution < 1.29 is 14.7 Å². The Bertz CT molecular complexity index is 238. The van der Waals surface area contributed by atoms with Gasteiger partial charge in [0.25, 0.3) is 0 Å². The van der Waals surface area contributed by atoms with Gasteiger partial charge in [0, 0.05) is 6.54 Å². The Balaban J connectivity index is 3.77. The second kappa shape index (κ2) is 5.42. The largest absolute Gasteiger partial charge is 0.481 e. The molecule has 4 nitrogen and oxygen atoms in total. The fourth-order valence-electron chi connectivity index (χ4n) is 0.677. The van der Waals surface area contributed by atoms with Crippen molar-refractivity contribution in [3.05, 3.63) is 12.2 Å². The van der Waals surface area contributed by atoms with Gasteiger partial charge in [-0.15, -0.1) is 0 Å². The maximum atomic E-state index is 11.1. The third-order valence-corrected chi connectivity index (χ3v) is 1.37. The van der Waals surface area contributed by atoms with Gasteiger partial charge in [-0.1, -0.05) is 26.8 Å². The molecule has 0 rings (SSSR count). The zero-order chi connectivity index (χ0) is 11.2. The van der Waals surface area contributed by atoms with Gasteiger partial charge in [0.2, 0.25) is 5.91 Å². The molecule has 1 amide bonds. The molecule has 14 heavy (non-hydrogen) atoms. The highest BCUT2D eigenvalue weighted by Gasteiger charge is 2.05. The predicted octanol–water partition coefficient (Wildman–Crippen LogP) is 1.18. The molecule has 0 aromatic heterocycles. The van der Waals surface area contributed by atoms with E-state index in [0.717, 1.165) is 0 Å². The summed E-state index contributed by atoms with van der Waals surface area (Å²) in [5.74, 6) is -1.16. The van der Waals surface area contributed by atoms with Crippen LogP contribution < -0.4 is 5.32 Å². The standard InChI is InChI=1S/C10H17NO3/c1-10(2,3)6-4-8(12)11-7-5-9(13)14/h4,6H,5,7H2,1-3H3,(H,11,12)(H,13,14)/b6-4+. The second-order valence-electron chi connectivity index (χ2n) is 4.13. The first-order valence-corrected chi connectivity index (χ1v) is 4.50. The lowest BCUT2D eigenvalue weighted by molar-refractivity contribution is -0.136. The van der Waals surface area contributed by atoms with Crippen LogP contribution in [0.4, 0.5) is 0 Å². The number of aliphatic carboxylic acids is 1. The first-order valence-electron chi connectivity index (χ1n) is 4.50. The van der Waals surface area contributed by atoms with Crippen molar-refractivity contribution in [1.82, 2.24) is 5.32 Å². The lowest BCUT2D eigenvalue weighted by Gasteiger charge is -2.10. The van der Waals surface area contributed by atoms with Gasteiger partial charge in [0.05, 0.1) is 6.42 Å². The average molecular weight is 199 g/mol. The van der Waals surface area contributed by atoms with Crippen LogP contribution >= 0.6 is 0 Å². The Labute approximate surface area is 84.0 Å². The summed E-state index contributed by atoms with van der Waals surface area (Å²) in [6, 6.07) is 0. The van der Waals surface area contributed by atoms with E-state index >= 15 is 0 Å². The van der Waals surface area contributed by atoms with Crippen LogP contribution in [0.5, 0.6) is 0 Å². The minimum Gasteiger partial charge on any atom is -0.481 e. The van der Waals surface area contributed by atoms with E-state index in [4.69, 9.17) is 5.11 Å². The number of hydrogen-bond donors (Lipinski definition) is 2. The van der Waals surface area contributed by atoms with Crippen molar-refractivity contribution in [2.75, 3.05) is 6.54 Å². The summed E-state index contributed by atoms with van der Waals surface area (Å²) < 4.78 is 0. The van der Waals surface area contributed by atoms with Gasteiger partial charge in [-0.05, 0) is 11.5 Å². The molecule has 0 aromatic carbocycles. The van der Waals surface area contributed by atoms with Gasteiger partial charge in [0.1, 0.15) is 0 Å². The SMILES string of the molecule is CC(C)(C)/C=C/C(=O)NCCC(=O)O. The van der Waals surface area contributed by atoms with Crippen LogP contribution in [0, 0.1) is 5.41 Å². The lowest BCUT2D eigenvalue weighted by Crippen LogP contribution is -2.24. The summed E-state index contributed by atoms with van der Waals surface area (Å²) in [5, 5.41) is 10.8. The Kier molecular flexibility index (Phi) is 4.91. The molecule has 0 heterocycles. The van der Waals surface area contributed by atoms with Crippen molar-refractivity contribution in [2.24, 2.45) is 5.41 Å². The molecule has 0 aliphatic rings. The van der Waals surface area contributed by atoms with Crippen LogP contribution in [-0.4, -0.2) is 23.5 Å². The third kappa shape index (κ3) is 8.77. The zero-order valence-electron chi connectivity index (χ0n) is 8.83. The molecule has 0 saturated carbocycles. The maximum Gasteiger partial charge on any atom is 0.305 e. The Morgan fingerprint density at radius 3 is 2.36 bits per heavy atom. The van der Waals surface area contributed by atoms with E-state index in [1.165, 1.54) is 6.08 Å². The molecule has 0 atom stereocenters. The van der Waals surface area contributed by atoms with Gasteiger partial charge < -0.3 is 10.4 Å². The maximum absolute atomic E-state index is 11.1. The summed E-state index contributed by atoms with van der Waals surface area (Å²) >= 11 is 0. The molecule has 0 fully saturated rings. The number of carboxylic acids is 1. The Hall–Kier alpha value is -1.32. The number of amides is 1. The van der Waals surface area contributed by atoms with E-state index in [-0.39, 0.29) is 24.3 Å². The molecule has 2 N–H and O–H groups in total. The average Bonchev–Trinajstić information content (AvgIpc) is 1.99. The normalized spacial score (nSPS) is 11.6. The smallest absolute Gasteiger partial charge is 0.305 e. The first-order chi connectivity index (χ1) is 6.31. The van der Waals surface area contributed by atoms with Crippen LogP contribution in [0.15, 0.2) is 12.2 Å². The number of carboxylic acid groups (broad SMARTS) is 1. The van der Waals surface area contributed by atoms with Crippen molar-refractivity contribution in [1.29, 1.82) is 0 Å². The number of hydrogen-bond acceptors (Lipinski definition) is 2. The summed E-state index contributed by atoms with van der Waals surface area (Å²) in [5.41, 5.74) is -0.0376. The molecule has 0 radical (unpaired) electrons. The van der Waals surface area contributed by atoms with E-state index in [9.17, 15) is 9.59 Å². The highest BCUT2D eigenvalue weighted by atomic mass is 16.4. The molecule has 0 aromatic rings. The Morgan fingerprint density at radius 2 is 1.93 bits per heavy atom. The van der Waals surface area contributed by atoms with Gasteiger partial charge in [-0.3, -0.25) is 9.59 Å². The lowest BCUT2D eigenvalue weighted by atomic mass is 9.96. The van der Waals surface area contributed by atoms with E-state index in [1.807, 2.05) is 20.8 Å². The third-order valence-electron chi connectivity index (χ3n) is 1.37. The molecule has 0 spiro atoms. The van der Waals surface area contributed by atoms with Crippen LogP contribution in [-0.2, 0) is 9.59 Å². The number of rotatable bonds is 4. The van der Waals surface area contributed by atoms with Crippen LogP contribution in [0.25, 0.3) is 0 Å². The molecule has 0 saturated heterocycles. The number of carbonyl (C=O) groups is 2. The highest BCUT2D eigenvalue weighted by molar-refractivity contribution is 5.87. The molecule has 80 valence electrons. The fourth-order valence-corrected chi connectivity index (χ4v) is 0.677. The van der Waals surface area contributed by atoms with Crippen molar-refractivity contribution in [2.45, 2.75) is 27.2 Å². The second-order valence-corrected chi connectivity index (χ2v) is 4.13. The van der Waals surface area contributed by atoms with E-state index in [1.54, 1.807) is 6.08 Å². The molecule has 0 aliphatic carbocycles. The van der Waals surface area contributed by atoms with E-state index in [0.29, 0.717) is 0 Å². The van der Waals surface area contributed by atoms with Crippen LogP contribution in [0.2, 0.25) is 0 Å². The van der Waals surface area contributed by atoms with Crippen molar-refractivity contribution in [3.63, 3.8) is 0 Å². The summed E-state index contributed by atoms with van der Waals surface area (Å²) in [7, 11) is 0. The topological polar surface area (TPSA) is 66.4 Å². The summed E-state index contributed by atoms with van der Waals surface area (Å²) in [6.07, 6.45) is 3.17. The molecule has 0 bridgehead atoms. The molecular weight excluding hydrogens is 182 g/mol. The molecule has 0 unspecified atom stereocenters. The quantitative estimate of drug-likeness (QED) is 0.668. The minimum absolute atomic E-state index is 0.0376. The summed E-state index contributed by atoms with van der Waals surface area (Å²) in [4.78, 5) is 21.2. The minimum atomic E-state index is -0.912. The fraction of sp³-hybridized carbons (Fsp3) is 0.600. The first kappa shape index (κ1) is 12.7. The molecule has 4 heteroatoms. The van der Waals surface area contributed by atoms with Gasteiger partial charge in [-0.2, -0.15) is 0 Å². The van der Waals surface area contributed by atoms with Crippen molar-refractivity contribution in [3.8, 4) is 0 Å². The molecular formula is C10H17NO3. The van der Waals surface area contributed by atoms with Crippen LogP contribution in [0.3, 0.4) is 0 Å². The van der Waals surface area contributed by atoms with Gasteiger partial charge >= 0.3 is 5.97 Å². The summed E-state index contributed by atoms with van der Waals surface area (Å²) in [6.45, 7) is 6.11. The number of carbonyl (C=O) groups excluding carboxylic acids is 1. The van der Waals surface area contributed by atoms with Gasteiger partial charge in [-0.25, -0.2) is 0 Å². The van der Waals surface area contributed by atoms with E-state index in [2.05, 4.69) is 5.32 Å². The van der Waals surface area contributed by atoms with Crippen LogP contribution in [0.1, 0.15) is 27.2 Å². The Morgan fingerprint density at radius 1 is 1.36 bits per heavy atom. The number of nitrogens with one attached hydrogen (secondary N) is 1. The highest BCUT2D eigenvalue weighted by Crippen LogP contribution is 2.13.